The molecule has 0 bridgehead atoms. The van der Waals surface area contributed by atoms with Gasteiger partial charge in [-0.3, -0.25) is 8.78 Å². The van der Waals surface area contributed by atoms with Crippen LogP contribution in [0.1, 0.15) is 37.9 Å². The summed E-state index contributed by atoms with van der Waals surface area (Å²) in [5.74, 6) is 3.30. The standard InChI is InChI=1S/C27H35F2N7O2S/c28-25(29)26-31-21-3-1-2-4-22(21)36(26)24-17-23(35-11-13-38-14-12-35)32-27(33-24)30-18-19-5-9-34(10-6-19)20-7-15-39(37)16-8-20/h1-4,17,19-20,25H,5-16,18H2,(H,30,32,33). The minimum Gasteiger partial charge on any atom is -0.378 e. The summed E-state index contributed by atoms with van der Waals surface area (Å²) in [4.78, 5) is 18.4. The van der Waals surface area contributed by atoms with E-state index in [1.807, 2.05) is 6.07 Å². The van der Waals surface area contributed by atoms with Crippen LogP contribution in [0, 0.1) is 5.92 Å². The van der Waals surface area contributed by atoms with Crippen LogP contribution in [0.2, 0.25) is 0 Å². The second-order valence-corrected chi connectivity index (χ2v) is 12.2. The highest BCUT2D eigenvalue weighted by Crippen LogP contribution is 2.30. The molecule has 3 aliphatic rings. The van der Waals surface area contributed by atoms with E-state index >= 15 is 0 Å². The molecule has 0 atom stereocenters. The molecule has 0 aliphatic carbocycles. The van der Waals surface area contributed by atoms with Gasteiger partial charge in [-0.05, 0) is 56.8 Å². The van der Waals surface area contributed by atoms with Gasteiger partial charge in [-0.2, -0.15) is 9.97 Å². The second kappa shape index (κ2) is 11.8. The van der Waals surface area contributed by atoms with Gasteiger partial charge in [0, 0.05) is 54.0 Å². The lowest BCUT2D eigenvalue weighted by atomic mass is 9.94. The minimum absolute atomic E-state index is 0.326. The first-order valence-electron chi connectivity index (χ1n) is 13.9. The van der Waals surface area contributed by atoms with Crippen LogP contribution >= 0.6 is 0 Å². The van der Waals surface area contributed by atoms with Crippen molar-refractivity contribution in [3.8, 4) is 5.82 Å². The maximum Gasteiger partial charge on any atom is 0.296 e. The van der Waals surface area contributed by atoms with Gasteiger partial charge in [0.2, 0.25) is 5.95 Å². The Hall–Kier alpha value is -2.70. The Kier molecular flexibility index (Phi) is 8.03. The smallest absolute Gasteiger partial charge is 0.296 e. The lowest BCUT2D eigenvalue weighted by molar-refractivity contribution is 0.122. The van der Waals surface area contributed by atoms with E-state index in [0.717, 1.165) is 56.8 Å². The van der Waals surface area contributed by atoms with Crippen molar-refractivity contribution in [3.05, 3.63) is 36.2 Å². The summed E-state index contributed by atoms with van der Waals surface area (Å²) in [5, 5.41) is 3.43. The second-order valence-electron chi connectivity index (χ2n) is 10.5. The molecule has 12 heteroatoms. The minimum atomic E-state index is -2.75. The number of benzene rings is 1. The number of para-hydroxylation sites is 2. The van der Waals surface area contributed by atoms with Gasteiger partial charge in [-0.15, -0.1) is 0 Å². The summed E-state index contributed by atoms with van der Waals surface area (Å²) in [5.41, 5.74) is 1.09. The van der Waals surface area contributed by atoms with Gasteiger partial charge in [0.25, 0.3) is 6.43 Å². The molecule has 3 aromatic rings. The van der Waals surface area contributed by atoms with Crippen LogP contribution in [0.3, 0.4) is 0 Å². The van der Waals surface area contributed by atoms with Crippen molar-refractivity contribution < 1.29 is 17.7 Å². The van der Waals surface area contributed by atoms with Gasteiger partial charge < -0.3 is 19.9 Å². The first-order valence-corrected chi connectivity index (χ1v) is 15.3. The first kappa shape index (κ1) is 26.5. The quantitative estimate of drug-likeness (QED) is 0.470. The normalized spacial score (nSPS) is 23.5. The Labute approximate surface area is 229 Å². The van der Waals surface area contributed by atoms with Crippen LogP contribution in [-0.4, -0.2) is 92.1 Å². The molecule has 6 rings (SSSR count). The van der Waals surface area contributed by atoms with Gasteiger partial charge in [-0.25, -0.2) is 13.8 Å². The fourth-order valence-electron chi connectivity index (χ4n) is 5.91. The molecular weight excluding hydrogens is 524 g/mol. The lowest BCUT2D eigenvalue weighted by Gasteiger charge is -2.39. The van der Waals surface area contributed by atoms with Crippen molar-refractivity contribution in [2.24, 2.45) is 5.92 Å². The number of alkyl halides is 2. The average molecular weight is 560 g/mol. The number of hydrogen-bond donors (Lipinski definition) is 1. The largest absolute Gasteiger partial charge is 0.378 e. The Morgan fingerprint density at radius 1 is 0.974 bits per heavy atom. The van der Waals surface area contributed by atoms with Crippen molar-refractivity contribution in [1.82, 2.24) is 24.4 Å². The maximum atomic E-state index is 14.1. The summed E-state index contributed by atoms with van der Waals surface area (Å²) < 4.78 is 46.9. The van der Waals surface area contributed by atoms with Gasteiger partial charge >= 0.3 is 0 Å². The van der Waals surface area contributed by atoms with Crippen LogP contribution in [0.15, 0.2) is 30.3 Å². The van der Waals surface area contributed by atoms with Gasteiger partial charge in [0.1, 0.15) is 11.6 Å². The molecule has 3 fully saturated rings. The summed E-state index contributed by atoms with van der Waals surface area (Å²) in [7, 11) is -0.634. The van der Waals surface area contributed by atoms with Crippen molar-refractivity contribution >= 4 is 33.6 Å². The summed E-state index contributed by atoms with van der Waals surface area (Å²) in [6, 6.07) is 9.46. The zero-order valence-corrected chi connectivity index (χ0v) is 22.8. The van der Waals surface area contributed by atoms with E-state index in [1.165, 1.54) is 4.57 Å². The number of hydrogen-bond acceptors (Lipinski definition) is 8. The van der Waals surface area contributed by atoms with Crippen molar-refractivity contribution in [2.45, 2.75) is 38.2 Å². The molecule has 0 amide bonds. The van der Waals surface area contributed by atoms with Crippen LogP contribution < -0.4 is 10.2 Å². The number of ether oxygens (including phenoxy) is 1. The van der Waals surface area contributed by atoms with Gasteiger partial charge in [-0.1, -0.05) is 12.1 Å². The Morgan fingerprint density at radius 2 is 1.69 bits per heavy atom. The summed E-state index contributed by atoms with van der Waals surface area (Å²) in [6.07, 6.45) is 1.47. The molecule has 3 saturated heterocycles. The molecule has 0 spiro atoms. The zero-order valence-electron chi connectivity index (χ0n) is 22.0. The van der Waals surface area contributed by atoms with E-state index < -0.39 is 17.2 Å². The Balaban J connectivity index is 1.22. The fourth-order valence-corrected chi connectivity index (χ4v) is 7.18. The third kappa shape index (κ3) is 5.92. The Morgan fingerprint density at radius 3 is 2.44 bits per heavy atom. The maximum absolute atomic E-state index is 14.1. The predicted octanol–water partition coefficient (Wildman–Crippen LogP) is 3.62. The van der Waals surface area contributed by atoms with Gasteiger partial charge in [0.15, 0.2) is 5.82 Å². The van der Waals surface area contributed by atoms with E-state index in [1.54, 1.807) is 24.3 Å². The number of aromatic nitrogens is 4. The number of halogens is 2. The average Bonchev–Trinajstić information content (AvgIpc) is 3.37. The third-order valence-corrected chi connectivity index (χ3v) is 9.50. The molecular formula is C27H35F2N7O2S. The number of piperidine rings is 1. The first-order chi connectivity index (χ1) is 19.0. The van der Waals surface area contributed by atoms with E-state index in [9.17, 15) is 13.0 Å². The third-order valence-electron chi connectivity index (χ3n) is 8.12. The van der Waals surface area contributed by atoms with Crippen molar-refractivity contribution in [1.29, 1.82) is 0 Å². The van der Waals surface area contributed by atoms with Gasteiger partial charge in [0.05, 0.1) is 24.2 Å². The van der Waals surface area contributed by atoms with Crippen LogP contribution in [0.25, 0.3) is 16.9 Å². The number of fused-ring (bicyclic) bond motifs is 1. The van der Waals surface area contributed by atoms with Crippen LogP contribution in [0.4, 0.5) is 20.5 Å². The number of morpholine rings is 1. The SMILES string of the molecule is O=S1CCC(N2CCC(CNc3nc(N4CCOCC4)cc(-n4c(C(F)F)nc5ccccc54)n3)CC2)CC1. The molecule has 1 N–H and O–H groups in total. The zero-order chi connectivity index (χ0) is 26.8. The molecule has 2 aromatic heterocycles. The number of likely N-dealkylation sites (tertiary alicyclic amines) is 1. The molecule has 1 aromatic carbocycles. The monoisotopic (exact) mass is 559 g/mol. The highest BCUT2D eigenvalue weighted by atomic mass is 32.2. The highest BCUT2D eigenvalue weighted by molar-refractivity contribution is 7.85. The lowest BCUT2D eigenvalue weighted by Crippen LogP contribution is -2.45. The number of imidazole rings is 1. The summed E-state index contributed by atoms with van der Waals surface area (Å²) in [6.45, 7) is 5.35. The van der Waals surface area contributed by atoms with E-state index in [0.29, 0.717) is 66.9 Å². The molecule has 5 heterocycles. The molecule has 39 heavy (non-hydrogen) atoms. The van der Waals surface area contributed by atoms with E-state index in [4.69, 9.17) is 14.7 Å². The molecule has 3 aliphatic heterocycles. The van der Waals surface area contributed by atoms with Crippen molar-refractivity contribution in [3.63, 3.8) is 0 Å². The number of nitrogens with zero attached hydrogens (tertiary/aromatic N) is 6. The number of rotatable bonds is 7. The predicted molar refractivity (Wildman–Crippen MR) is 148 cm³/mol. The Bertz CT molecular complexity index is 1300. The van der Waals surface area contributed by atoms with Crippen molar-refractivity contribution in [2.75, 3.05) is 67.7 Å². The molecule has 0 saturated carbocycles. The molecule has 210 valence electrons. The molecule has 0 radical (unpaired) electrons. The summed E-state index contributed by atoms with van der Waals surface area (Å²) >= 11 is 0. The van der Waals surface area contributed by atoms with E-state index in [2.05, 4.69) is 20.1 Å². The van der Waals surface area contributed by atoms with Crippen LogP contribution in [-0.2, 0) is 15.5 Å². The van der Waals surface area contributed by atoms with Crippen LogP contribution in [0.5, 0.6) is 0 Å². The molecule has 0 unspecified atom stereocenters. The number of nitrogens with one attached hydrogen (secondary N) is 1. The topological polar surface area (TPSA) is 88.4 Å². The fraction of sp³-hybridized carbons (Fsp3) is 0.593. The number of anilines is 2. The molecule has 9 nitrogen and oxygen atoms in total. The van der Waals surface area contributed by atoms with E-state index in [-0.39, 0.29) is 5.82 Å². The highest BCUT2D eigenvalue weighted by Gasteiger charge is 2.28.